The van der Waals surface area contributed by atoms with Crippen LogP contribution in [0, 0.1) is 0 Å². The molecule has 0 amide bonds. The molecule has 0 fully saturated rings. The lowest BCUT2D eigenvalue weighted by Gasteiger charge is -2.37. The maximum atomic E-state index is 15.6. The van der Waals surface area contributed by atoms with Gasteiger partial charge in [-0.25, -0.2) is 4.39 Å². The molecule has 2 atom stereocenters. The number of alkyl halides is 1. The minimum atomic E-state index is -2.16. The highest BCUT2D eigenvalue weighted by Crippen LogP contribution is 2.46. The quantitative estimate of drug-likeness (QED) is 0.862. The third kappa shape index (κ3) is 3.41. The fourth-order valence-corrected chi connectivity index (χ4v) is 3.64. The molecular weight excluding hydrogens is 366 g/mol. The van der Waals surface area contributed by atoms with Crippen LogP contribution in [0.5, 0.6) is 0 Å². The van der Waals surface area contributed by atoms with Crippen molar-refractivity contribution >= 4 is 29.0 Å². The normalized spacial score (nSPS) is 25.5. The molecule has 0 spiro atoms. The topological polar surface area (TPSA) is 63.1 Å². The molecule has 7 heteroatoms. The number of aromatic nitrogens is 2. The minimum absolute atomic E-state index is 0.0542. The van der Waals surface area contributed by atoms with Crippen LogP contribution in [0.15, 0.2) is 30.6 Å². The summed E-state index contributed by atoms with van der Waals surface area (Å²) in [5.74, 6) is -0.565. The maximum Gasteiger partial charge on any atom is 0.195 e. The summed E-state index contributed by atoms with van der Waals surface area (Å²) in [6.07, 6.45) is 3.13. The Kier molecular flexibility index (Phi) is 4.84. The van der Waals surface area contributed by atoms with Gasteiger partial charge in [0.1, 0.15) is 5.60 Å². The molecule has 0 saturated carbocycles. The molecule has 3 rings (SSSR count). The predicted octanol–water partition coefficient (Wildman–Crippen LogP) is 4.15. The second-order valence-corrected chi connectivity index (χ2v) is 7.32. The van der Waals surface area contributed by atoms with Gasteiger partial charge in [0.2, 0.25) is 0 Å². The highest BCUT2D eigenvalue weighted by molar-refractivity contribution is 6.34. The van der Waals surface area contributed by atoms with Gasteiger partial charge in [0.25, 0.3) is 0 Å². The van der Waals surface area contributed by atoms with E-state index in [4.69, 9.17) is 23.2 Å². The molecule has 2 heterocycles. The fourth-order valence-electron chi connectivity index (χ4n) is 3.17. The molecule has 25 heavy (non-hydrogen) atoms. The third-order valence-corrected chi connectivity index (χ3v) is 5.15. The van der Waals surface area contributed by atoms with Crippen LogP contribution in [0.25, 0.3) is 0 Å². The summed E-state index contributed by atoms with van der Waals surface area (Å²) in [6, 6.07) is 4.62. The Morgan fingerprint density at radius 2 is 2.12 bits per heavy atom. The van der Waals surface area contributed by atoms with Crippen LogP contribution in [0.1, 0.15) is 43.1 Å². The highest BCUT2D eigenvalue weighted by atomic mass is 35.5. The Hall–Kier alpha value is -1.56. The molecule has 2 aromatic heterocycles. The average Bonchev–Trinajstić information content (AvgIpc) is 2.58. The summed E-state index contributed by atoms with van der Waals surface area (Å²) in [6.45, 7) is 1.58. The lowest BCUT2D eigenvalue weighted by molar-refractivity contribution is -0.134. The van der Waals surface area contributed by atoms with Gasteiger partial charge >= 0.3 is 0 Å². The van der Waals surface area contributed by atoms with E-state index in [-0.39, 0.29) is 36.9 Å². The first-order valence-corrected chi connectivity index (χ1v) is 8.70. The van der Waals surface area contributed by atoms with Crippen molar-refractivity contribution in [1.29, 1.82) is 0 Å². The van der Waals surface area contributed by atoms with Gasteiger partial charge in [-0.2, -0.15) is 0 Å². The van der Waals surface area contributed by atoms with Gasteiger partial charge in [0.15, 0.2) is 11.5 Å². The molecular formula is C18H17Cl2FN2O2. The van der Waals surface area contributed by atoms with Gasteiger partial charge in [-0.05, 0) is 38.3 Å². The van der Waals surface area contributed by atoms with E-state index in [0.717, 1.165) is 0 Å². The van der Waals surface area contributed by atoms with Gasteiger partial charge in [-0.3, -0.25) is 14.8 Å². The number of ketones is 1. The Labute approximate surface area is 155 Å². The fraction of sp³-hybridized carbons (Fsp3) is 0.389. The van der Waals surface area contributed by atoms with E-state index in [1.54, 1.807) is 13.0 Å². The van der Waals surface area contributed by atoms with E-state index in [9.17, 15) is 9.90 Å². The van der Waals surface area contributed by atoms with E-state index in [1.807, 2.05) is 0 Å². The Morgan fingerprint density at radius 1 is 1.36 bits per heavy atom. The second-order valence-electron chi connectivity index (χ2n) is 6.48. The molecule has 0 unspecified atom stereocenters. The first-order valence-electron chi connectivity index (χ1n) is 7.94. The maximum absolute atomic E-state index is 15.6. The van der Waals surface area contributed by atoms with Gasteiger partial charge in [0, 0.05) is 24.4 Å². The number of hydrogen-bond acceptors (Lipinski definition) is 4. The monoisotopic (exact) mass is 382 g/mol. The van der Waals surface area contributed by atoms with Crippen LogP contribution < -0.4 is 0 Å². The van der Waals surface area contributed by atoms with Crippen LogP contribution in [0.2, 0.25) is 10.0 Å². The van der Waals surface area contributed by atoms with Crippen LogP contribution >= 0.6 is 23.2 Å². The SMILES string of the molecule is C[C@]1(O)CC[C@@](F)(C(=O)CCc2ncc(Cl)cc2Cl)c2cccnc21. The summed E-state index contributed by atoms with van der Waals surface area (Å²) >= 11 is 11.9. The minimum Gasteiger partial charge on any atom is -0.384 e. The molecule has 1 aliphatic rings. The number of halogens is 3. The molecule has 0 saturated heterocycles. The van der Waals surface area contributed by atoms with Crippen molar-refractivity contribution in [3.63, 3.8) is 0 Å². The van der Waals surface area contributed by atoms with Crippen molar-refractivity contribution < 1.29 is 14.3 Å². The van der Waals surface area contributed by atoms with Crippen LogP contribution in [-0.2, 0) is 22.5 Å². The molecule has 2 aromatic rings. The summed E-state index contributed by atoms with van der Waals surface area (Å²) in [5, 5.41) is 11.2. The Bertz CT molecular complexity index is 828. The van der Waals surface area contributed by atoms with E-state index in [0.29, 0.717) is 15.7 Å². The smallest absolute Gasteiger partial charge is 0.195 e. The summed E-state index contributed by atoms with van der Waals surface area (Å²) in [5.41, 5.74) is -2.54. The lowest BCUT2D eigenvalue weighted by atomic mass is 9.73. The van der Waals surface area contributed by atoms with Gasteiger partial charge in [0.05, 0.1) is 21.4 Å². The van der Waals surface area contributed by atoms with Crippen molar-refractivity contribution in [2.45, 2.75) is 43.9 Å². The average molecular weight is 383 g/mol. The van der Waals surface area contributed by atoms with Crippen molar-refractivity contribution in [2.75, 3.05) is 0 Å². The standard InChI is InChI=1S/C18H17Cl2FN2O2/c1-17(25)6-7-18(21,12-3-2-8-22-16(12)17)15(24)5-4-14-13(20)9-11(19)10-23-14/h2-3,8-10,25H,4-7H2,1H3/t17-,18-/m0/s1. The third-order valence-electron chi connectivity index (χ3n) is 4.62. The molecule has 1 aliphatic carbocycles. The zero-order valence-corrected chi connectivity index (χ0v) is 15.1. The second kappa shape index (κ2) is 6.63. The number of pyridine rings is 2. The number of nitrogens with zero attached hydrogens (tertiary/aromatic N) is 2. The first kappa shape index (κ1) is 18.2. The number of rotatable bonds is 4. The van der Waals surface area contributed by atoms with Crippen molar-refractivity contribution in [3.8, 4) is 0 Å². The van der Waals surface area contributed by atoms with Gasteiger partial charge in [-0.1, -0.05) is 29.3 Å². The number of aryl methyl sites for hydroxylation is 1. The first-order chi connectivity index (χ1) is 11.7. The number of carbonyl (C=O) groups is 1. The molecule has 0 aliphatic heterocycles. The van der Waals surface area contributed by atoms with Gasteiger partial charge < -0.3 is 5.11 Å². The number of carbonyl (C=O) groups excluding carboxylic acids is 1. The van der Waals surface area contributed by atoms with Crippen molar-refractivity contribution in [2.24, 2.45) is 0 Å². The molecule has 0 aromatic carbocycles. The highest BCUT2D eigenvalue weighted by Gasteiger charge is 2.49. The molecule has 132 valence electrons. The summed E-state index contributed by atoms with van der Waals surface area (Å²) < 4.78 is 15.6. The van der Waals surface area contributed by atoms with E-state index >= 15 is 4.39 Å². The van der Waals surface area contributed by atoms with Crippen molar-refractivity contribution in [1.82, 2.24) is 9.97 Å². The number of Topliss-reactive ketones (excluding diaryl/α,β-unsaturated/α-hetero) is 1. The van der Waals surface area contributed by atoms with Crippen LogP contribution in [-0.4, -0.2) is 20.9 Å². The van der Waals surface area contributed by atoms with Gasteiger partial charge in [-0.15, -0.1) is 0 Å². The van der Waals surface area contributed by atoms with Crippen molar-refractivity contribution in [3.05, 3.63) is 57.6 Å². The number of aliphatic hydroxyl groups is 1. The zero-order valence-electron chi connectivity index (χ0n) is 13.6. The molecule has 1 N–H and O–H groups in total. The molecule has 0 radical (unpaired) electrons. The van der Waals surface area contributed by atoms with E-state index < -0.39 is 17.1 Å². The Balaban J connectivity index is 1.84. The largest absolute Gasteiger partial charge is 0.384 e. The molecule has 4 nitrogen and oxygen atoms in total. The zero-order chi connectivity index (χ0) is 18.2. The Morgan fingerprint density at radius 3 is 2.84 bits per heavy atom. The number of fused-ring (bicyclic) bond motifs is 1. The number of hydrogen-bond donors (Lipinski definition) is 1. The van der Waals surface area contributed by atoms with Crippen LogP contribution in [0.3, 0.4) is 0 Å². The predicted molar refractivity (Wildman–Crippen MR) is 93.4 cm³/mol. The lowest BCUT2D eigenvalue weighted by Crippen LogP contribution is -2.42. The van der Waals surface area contributed by atoms with Crippen LogP contribution in [0.4, 0.5) is 4.39 Å². The molecule has 0 bridgehead atoms. The summed E-state index contributed by atoms with van der Waals surface area (Å²) in [7, 11) is 0. The van der Waals surface area contributed by atoms with E-state index in [2.05, 4.69) is 9.97 Å². The summed E-state index contributed by atoms with van der Waals surface area (Å²) in [4.78, 5) is 20.9. The van der Waals surface area contributed by atoms with E-state index in [1.165, 1.54) is 24.5 Å².